The monoisotopic (exact) mass is 770 g/mol. The second-order valence-corrected chi connectivity index (χ2v) is 18.8. The zero-order valence-electron chi connectivity index (χ0n) is 34.1. The maximum Gasteiger partial charge on any atom is 0.333 e. The highest BCUT2D eigenvalue weighted by atomic mass is 16.3. The zero-order valence-corrected chi connectivity index (χ0v) is 34.1. The van der Waals surface area contributed by atoms with Crippen molar-refractivity contribution in [1.82, 2.24) is 4.57 Å². The van der Waals surface area contributed by atoms with Crippen LogP contribution in [0, 0.1) is 0 Å². The van der Waals surface area contributed by atoms with E-state index in [1.165, 1.54) is 83.1 Å². The van der Waals surface area contributed by atoms with E-state index in [0.717, 1.165) is 49.6 Å². The van der Waals surface area contributed by atoms with E-state index in [4.69, 9.17) is 8.83 Å². The topological polar surface area (TPSA) is 34.5 Å². The Morgan fingerprint density at radius 3 is 1.93 bits per heavy atom. The number of para-hydroxylation sites is 2. The first-order valence-electron chi connectivity index (χ1n) is 21.2. The molecule has 0 atom stereocenters. The van der Waals surface area contributed by atoms with Gasteiger partial charge in [0.05, 0.1) is 11.0 Å². The van der Waals surface area contributed by atoms with Crippen molar-refractivity contribution >= 4 is 94.8 Å². The van der Waals surface area contributed by atoms with E-state index < -0.39 is 0 Å². The number of aromatic nitrogens is 1. The van der Waals surface area contributed by atoms with Gasteiger partial charge in [-0.3, -0.25) is 0 Å². The molecule has 0 bridgehead atoms. The number of rotatable bonds is 1. The number of hydrogen-bond acceptors (Lipinski definition) is 3. The molecule has 11 aromatic rings. The van der Waals surface area contributed by atoms with Crippen LogP contribution in [0.2, 0.25) is 0 Å². The van der Waals surface area contributed by atoms with Gasteiger partial charge in [-0.25, -0.2) is 0 Å². The lowest BCUT2D eigenvalue weighted by Gasteiger charge is -2.42. The number of furan rings is 2. The Kier molecular flexibility index (Phi) is 5.92. The van der Waals surface area contributed by atoms with Crippen LogP contribution in [-0.2, 0) is 10.8 Å². The molecule has 0 saturated carbocycles. The molecule has 284 valence electrons. The van der Waals surface area contributed by atoms with Crippen LogP contribution in [0.4, 0.5) is 11.4 Å². The molecule has 8 aromatic carbocycles. The van der Waals surface area contributed by atoms with Gasteiger partial charge in [-0.15, -0.1) is 0 Å². The Labute approximate surface area is 347 Å². The average Bonchev–Trinajstić information content (AvgIpc) is 3.98. The fraction of sp³-hybridized carbons (Fsp3) is 0.127. The van der Waals surface area contributed by atoms with Gasteiger partial charge in [0.2, 0.25) is 0 Å². The minimum absolute atomic E-state index is 0.0255. The summed E-state index contributed by atoms with van der Waals surface area (Å²) in [5.41, 5.74) is 21.3. The standard InChI is InChI=1S/C55H39BN2O2/c1-54(2,3)30-18-20-31(21-19-30)58-44-26-38-32-12-7-10-16-46(32)59-48(38)28-37(44)34-22-23-36-51-43(25-24-41-50(51)35-14-6-9-15-40(35)55(41,4)5)57-45-27-39-33-13-8-11-17-47(33)60-49(39)29-42(45)56(58)52(34)53(36)57/h6-29H,1-5H3. The normalized spacial score (nSPS) is 14.8. The molecule has 2 aliphatic heterocycles. The van der Waals surface area contributed by atoms with Crippen molar-refractivity contribution in [2.75, 3.05) is 4.81 Å². The summed E-state index contributed by atoms with van der Waals surface area (Å²) in [5, 5.41) is 7.14. The van der Waals surface area contributed by atoms with Crippen LogP contribution in [0.5, 0.6) is 0 Å². The van der Waals surface area contributed by atoms with Crippen molar-refractivity contribution in [3.05, 3.63) is 162 Å². The third-order valence-electron chi connectivity index (χ3n) is 14.3. The number of benzene rings is 8. The first-order chi connectivity index (χ1) is 29.1. The minimum atomic E-state index is -0.145. The van der Waals surface area contributed by atoms with Crippen LogP contribution in [0.25, 0.3) is 93.6 Å². The number of anilines is 2. The molecule has 0 spiro atoms. The summed E-state index contributed by atoms with van der Waals surface area (Å²) < 4.78 is 16.0. The molecule has 0 amide bonds. The van der Waals surface area contributed by atoms with Crippen LogP contribution < -0.4 is 15.7 Å². The lowest BCUT2D eigenvalue weighted by molar-refractivity contribution is 0.590. The molecule has 3 aliphatic rings. The molecule has 0 fully saturated rings. The smallest absolute Gasteiger partial charge is 0.333 e. The highest BCUT2D eigenvalue weighted by molar-refractivity contribution is 6.94. The van der Waals surface area contributed by atoms with Gasteiger partial charge >= 0.3 is 6.85 Å². The van der Waals surface area contributed by atoms with Crippen LogP contribution >= 0.6 is 0 Å². The first kappa shape index (κ1) is 32.9. The van der Waals surface area contributed by atoms with Crippen molar-refractivity contribution in [3.63, 3.8) is 0 Å². The molecule has 5 heteroatoms. The molecule has 0 radical (unpaired) electrons. The molecular weight excluding hydrogens is 731 g/mol. The van der Waals surface area contributed by atoms with Crippen molar-refractivity contribution in [2.24, 2.45) is 0 Å². The Hall–Kier alpha value is -6.98. The molecule has 14 rings (SSSR count). The van der Waals surface area contributed by atoms with Gasteiger partial charge in [0.1, 0.15) is 22.3 Å². The second kappa shape index (κ2) is 10.8. The molecular formula is C55H39BN2O2. The van der Waals surface area contributed by atoms with E-state index in [-0.39, 0.29) is 17.7 Å². The van der Waals surface area contributed by atoms with Crippen LogP contribution in [0.15, 0.2) is 154 Å². The average molecular weight is 771 g/mol. The van der Waals surface area contributed by atoms with Crippen molar-refractivity contribution in [3.8, 4) is 27.9 Å². The summed E-state index contributed by atoms with van der Waals surface area (Å²) in [6, 6.07) is 54.3. The molecule has 4 nitrogen and oxygen atoms in total. The Morgan fingerprint density at radius 2 is 1.20 bits per heavy atom. The third-order valence-corrected chi connectivity index (χ3v) is 14.3. The predicted molar refractivity (Wildman–Crippen MR) is 251 cm³/mol. The Balaban J connectivity index is 1.18. The highest BCUT2D eigenvalue weighted by Crippen LogP contribution is 2.55. The van der Waals surface area contributed by atoms with Gasteiger partial charge in [0.15, 0.2) is 0 Å². The molecule has 3 aromatic heterocycles. The summed E-state index contributed by atoms with van der Waals surface area (Å²) in [5.74, 6) is 0. The van der Waals surface area contributed by atoms with E-state index in [2.05, 4.69) is 190 Å². The van der Waals surface area contributed by atoms with Crippen molar-refractivity contribution in [2.45, 2.75) is 45.4 Å². The van der Waals surface area contributed by atoms with Crippen LogP contribution in [0.1, 0.15) is 51.3 Å². The van der Waals surface area contributed by atoms with E-state index in [1.807, 2.05) is 0 Å². The largest absolute Gasteiger partial charge is 0.456 e. The van der Waals surface area contributed by atoms with E-state index in [9.17, 15) is 0 Å². The Bertz CT molecular complexity index is 3740. The Morgan fingerprint density at radius 1 is 0.533 bits per heavy atom. The molecule has 0 unspecified atom stereocenters. The fourth-order valence-corrected chi connectivity index (χ4v) is 11.5. The van der Waals surface area contributed by atoms with Gasteiger partial charge in [0.25, 0.3) is 0 Å². The number of hydrogen-bond donors (Lipinski definition) is 0. The van der Waals surface area contributed by atoms with Crippen molar-refractivity contribution in [1.29, 1.82) is 0 Å². The van der Waals surface area contributed by atoms with Gasteiger partial charge < -0.3 is 18.2 Å². The highest BCUT2D eigenvalue weighted by Gasteiger charge is 2.46. The maximum atomic E-state index is 6.73. The summed E-state index contributed by atoms with van der Waals surface area (Å²) >= 11 is 0. The SMILES string of the molecule is CC(C)(C)c1ccc(N2B3c4cc5oc6ccccc6c5cc4-n4c5ccc6c(c5c5ccc(c3c54)-c3cc4oc5ccccc5c4cc32)-c2ccccc2C6(C)C)cc1. The molecule has 0 N–H and O–H groups in total. The molecule has 1 aliphatic carbocycles. The summed E-state index contributed by atoms with van der Waals surface area (Å²) in [6.07, 6.45) is 0. The number of fused-ring (bicyclic) bond motifs is 18. The molecule has 0 saturated heterocycles. The first-order valence-corrected chi connectivity index (χ1v) is 21.2. The van der Waals surface area contributed by atoms with E-state index in [1.54, 1.807) is 0 Å². The zero-order chi connectivity index (χ0) is 40.0. The van der Waals surface area contributed by atoms with Gasteiger partial charge in [-0.05, 0) is 104 Å². The van der Waals surface area contributed by atoms with E-state index in [0.29, 0.717) is 0 Å². The van der Waals surface area contributed by atoms with E-state index >= 15 is 0 Å². The fourth-order valence-electron chi connectivity index (χ4n) is 11.5. The minimum Gasteiger partial charge on any atom is -0.456 e. The summed E-state index contributed by atoms with van der Waals surface area (Å²) in [6.45, 7) is 11.5. The van der Waals surface area contributed by atoms with Crippen LogP contribution in [0.3, 0.4) is 0 Å². The predicted octanol–water partition coefficient (Wildman–Crippen LogP) is 13.4. The molecule has 60 heavy (non-hydrogen) atoms. The summed E-state index contributed by atoms with van der Waals surface area (Å²) in [7, 11) is 0. The van der Waals surface area contributed by atoms with Gasteiger partial charge in [0, 0.05) is 60.4 Å². The second-order valence-electron chi connectivity index (χ2n) is 18.8. The molecule has 5 heterocycles. The third kappa shape index (κ3) is 3.94. The maximum absolute atomic E-state index is 6.73. The lowest BCUT2D eigenvalue weighted by Crippen LogP contribution is -2.60. The number of nitrogens with zero attached hydrogens (tertiary/aromatic N) is 2. The van der Waals surface area contributed by atoms with Gasteiger partial charge in [-0.1, -0.05) is 126 Å². The summed E-state index contributed by atoms with van der Waals surface area (Å²) in [4.78, 5) is 2.61. The van der Waals surface area contributed by atoms with Crippen molar-refractivity contribution < 1.29 is 8.83 Å². The van der Waals surface area contributed by atoms with Gasteiger partial charge in [-0.2, -0.15) is 0 Å². The lowest BCUT2D eigenvalue weighted by atomic mass is 9.44. The quantitative estimate of drug-likeness (QED) is 0.156. The van der Waals surface area contributed by atoms with Crippen LogP contribution in [-0.4, -0.2) is 11.4 Å².